The van der Waals surface area contributed by atoms with Gasteiger partial charge in [0.05, 0.1) is 12.8 Å². The summed E-state index contributed by atoms with van der Waals surface area (Å²) in [5, 5.41) is 0. The zero-order valence-electron chi connectivity index (χ0n) is 17.9. The van der Waals surface area contributed by atoms with Gasteiger partial charge in [0.15, 0.2) is 0 Å². The number of hydrogen-bond donors (Lipinski definition) is 0. The summed E-state index contributed by atoms with van der Waals surface area (Å²) in [6.07, 6.45) is 2.21. The molecular weight excluding hydrogens is 366 g/mol. The predicted octanol–water partition coefficient (Wildman–Crippen LogP) is 2.99. The van der Waals surface area contributed by atoms with E-state index in [1.807, 2.05) is 43.1 Å². The van der Waals surface area contributed by atoms with Gasteiger partial charge >= 0.3 is 0 Å². The minimum Gasteiger partial charge on any atom is -0.495 e. The molecule has 1 aromatic heterocycles. The van der Waals surface area contributed by atoms with Crippen molar-refractivity contribution in [3.63, 3.8) is 0 Å². The van der Waals surface area contributed by atoms with E-state index in [0.29, 0.717) is 24.6 Å². The summed E-state index contributed by atoms with van der Waals surface area (Å²) in [6.45, 7) is 7.76. The smallest absolute Gasteiger partial charge is 0.272 e. The number of methoxy groups -OCH3 is 1. The molecule has 0 spiro atoms. The van der Waals surface area contributed by atoms with Gasteiger partial charge in [0.2, 0.25) is 0 Å². The van der Waals surface area contributed by atoms with Crippen molar-refractivity contribution in [2.24, 2.45) is 0 Å². The van der Waals surface area contributed by atoms with Crippen LogP contribution in [0.25, 0.3) is 0 Å². The van der Waals surface area contributed by atoms with Crippen LogP contribution in [0.5, 0.6) is 5.75 Å². The van der Waals surface area contributed by atoms with Crippen LogP contribution in [0.4, 0.5) is 11.5 Å². The Bertz CT molecular complexity index is 834. The van der Waals surface area contributed by atoms with Gasteiger partial charge in [-0.25, -0.2) is 9.97 Å². The summed E-state index contributed by atoms with van der Waals surface area (Å²) in [5.74, 6) is 2.27. The molecule has 1 fully saturated rings. The first-order valence-corrected chi connectivity index (χ1v) is 10.3. The largest absolute Gasteiger partial charge is 0.495 e. The average Bonchev–Trinajstić information content (AvgIpc) is 2.76. The molecule has 7 heteroatoms. The molecule has 0 saturated carbocycles. The molecule has 29 heavy (non-hydrogen) atoms. The third-order valence-corrected chi connectivity index (χ3v) is 5.27. The first kappa shape index (κ1) is 20.9. The molecule has 1 amide bonds. The van der Waals surface area contributed by atoms with E-state index in [1.54, 1.807) is 7.11 Å². The van der Waals surface area contributed by atoms with Crippen molar-refractivity contribution < 1.29 is 9.53 Å². The van der Waals surface area contributed by atoms with Gasteiger partial charge in [-0.1, -0.05) is 25.5 Å². The van der Waals surface area contributed by atoms with E-state index < -0.39 is 0 Å². The highest BCUT2D eigenvalue weighted by atomic mass is 16.5. The van der Waals surface area contributed by atoms with Gasteiger partial charge in [0.1, 0.15) is 23.1 Å². The van der Waals surface area contributed by atoms with Gasteiger partial charge in [-0.05, 0) is 25.5 Å². The molecule has 2 heterocycles. The van der Waals surface area contributed by atoms with Crippen LogP contribution >= 0.6 is 0 Å². The molecule has 0 atom stereocenters. The molecule has 0 radical (unpaired) electrons. The van der Waals surface area contributed by atoms with Crippen LogP contribution in [0.15, 0.2) is 30.3 Å². The van der Waals surface area contributed by atoms with Gasteiger partial charge in [0.25, 0.3) is 5.91 Å². The number of carbonyl (C=O) groups is 1. The number of piperazine rings is 1. The van der Waals surface area contributed by atoms with E-state index in [1.165, 1.54) is 0 Å². The lowest BCUT2D eigenvalue weighted by Crippen LogP contribution is -2.49. The van der Waals surface area contributed by atoms with E-state index >= 15 is 0 Å². The van der Waals surface area contributed by atoms with Gasteiger partial charge in [-0.2, -0.15) is 0 Å². The van der Waals surface area contributed by atoms with Crippen molar-refractivity contribution in [2.45, 2.75) is 26.7 Å². The summed E-state index contributed by atoms with van der Waals surface area (Å²) in [5.41, 5.74) is 1.54. The molecule has 1 aliphatic rings. The maximum atomic E-state index is 13.1. The SMILES string of the molecule is CCCCN(C)c1cc(C(=O)N2CCN(c3ccccc3OC)CC2)nc(C)n1. The van der Waals surface area contributed by atoms with Gasteiger partial charge < -0.3 is 19.4 Å². The lowest BCUT2D eigenvalue weighted by molar-refractivity contribution is 0.0740. The summed E-state index contributed by atoms with van der Waals surface area (Å²) in [7, 11) is 3.70. The van der Waals surface area contributed by atoms with E-state index in [0.717, 1.165) is 49.7 Å². The molecule has 1 saturated heterocycles. The predicted molar refractivity (Wildman–Crippen MR) is 116 cm³/mol. The average molecular weight is 398 g/mol. The number of nitrogens with zero attached hydrogens (tertiary/aromatic N) is 5. The zero-order chi connectivity index (χ0) is 20.8. The maximum Gasteiger partial charge on any atom is 0.272 e. The number of para-hydroxylation sites is 2. The second kappa shape index (κ2) is 9.58. The van der Waals surface area contributed by atoms with Crippen molar-refractivity contribution in [2.75, 3.05) is 56.7 Å². The summed E-state index contributed by atoms with van der Waals surface area (Å²) < 4.78 is 5.48. The Balaban J connectivity index is 1.68. The topological polar surface area (TPSA) is 61.8 Å². The Morgan fingerprint density at radius 2 is 1.90 bits per heavy atom. The number of rotatable bonds is 7. The number of amides is 1. The summed E-state index contributed by atoms with van der Waals surface area (Å²) in [4.78, 5) is 28.2. The van der Waals surface area contributed by atoms with Gasteiger partial charge in [0, 0.05) is 45.8 Å². The molecule has 0 aliphatic carbocycles. The van der Waals surface area contributed by atoms with Crippen molar-refractivity contribution in [1.82, 2.24) is 14.9 Å². The summed E-state index contributed by atoms with van der Waals surface area (Å²) >= 11 is 0. The molecule has 156 valence electrons. The third kappa shape index (κ3) is 4.96. The number of hydrogen-bond acceptors (Lipinski definition) is 6. The molecule has 0 unspecified atom stereocenters. The highest BCUT2D eigenvalue weighted by Gasteiger charge is 2.25. The van der Waals surface area contributed by atoms with E-state index in [2.05, 4.69) is 32.8 Å². The number of carbonyl (C=O) groups excluding carboxylic acids is 1. The highest BCUT2D eigenvalue weighted by Crippen LogP contribution is 2.28. The molecule has 3 rings (SSSR count). The first-order valence-electron chi connectivity index (χ1n) is 10.3. The number of ether oxygens (including phenoxy) is 1. The van der Waals surface area contributed by atoms with Crippen molar-refractivity contribution >= 4 is 17.4 Å². The molecule has 1 aromatic carbocycles. The monoisotopic (exact) mass is 397 g/mol. The Labute approximate surface area is 173 Å². The normalized spacial score (nSPS) is 14.1. The van der Waals surface area contributed by atoms with Crippen LogP contribution < -0.4 is 14.5 Å². The second-order valence-corrected chi connectivity index (χ2v) is 7.38. The van der Waals surface area contributed by atoms with Gasteiger partial charge in [-0.15, -0.1) is 0 Å². The van der Waals surface area contributed by atoms with Crippen molar-refractivity contribution in [1.29, 1.82) is 0 Å². The van der Waals surface area contributed by atoms with E-state index in [4.69, 9.17) is 4.74 Å². The second-order valence-electron chi connectivity index (χ2n) is 7.38. The maximum absolute atomic E-state index is 13.1. The van der Waals surface area contributed by atoms with Crippen molar-refractivity contribution in [3.8, 4) is 5.75 Å². The molecule has 1 aliphatic heterocycles. The van der Waals surface area contributed by atoms with Crippen LogP contribution in [-0.2, 0) is 0 Å². The van der Waals surface area contributed by atoms with Crippen molar-refractivity contribution in [3.05, 3.63) is 41.9 Å². The quantitative estimate of drug-likeness (QED) is 0.716. The number of unbranched alkanes of at least 4 members (excludes halogenated alkanes) is 1. The Kier molecular flexibility index (Phi) is 6.90. The first-order chi connectivity index (χ1) is 14.0. The Morgan fingerprint density at radius 1 is 1.17 bits per heavy atom. The minimum atomic E-state index is -0.0275. The molecule has 0 N–H and O–H groups in total. The zero-order valence-corrected chi connectivity index (χ0v) is 17.9. The van der Waals surface area contributed by atoms with Crippen LogP contribution in [0.1, 0.15) is 36.1 Å². The third-order valence-electron chi connectivity index (χ3n) is 5.27. The van der Waals surface area contributed by atoms with Crippen LogP contribution in [0, 0.1) is 6.92 Å². The molecule has 0 bridgehead atoms. The lowest BCUT2D eigenvalue weighted by atomic mass is 10.2. The lowest BCUT2D eigenvalue weighted by Gasteiger charge is -2.36. The number of anilines is 2. The standard InChI is InChI=1S/C22H31N5O2/c1-5-6-11-25(3)21-16-18(23-17(2)24-21)22(28)27-14-12-26(13-15-27)19-9-7-8-10-20(19)29-4/h7-10,16H,5-6,11-15H2,1-4H3. The van der Waals surface area contributed by atoms with Crippen LogP contribution in [-0.4, -0.2) is 67.7 Å². The molecule has 7 nitrogen and oxygen atoms in total. The van der Waals surface area contributed by atoms with Crippen LogP contribution in [0.2, 0.25) is 0 Å². The molecular formula is C22H31N5O2. The van der Waals surface area contributed by atoms with Gasteiger partial charge in [-0.3, -0.25) is 4.79 Å². The fourth-order valence-corrected chi connectivity index (χ4v) is 3.57. The number of aryl methyl sites for hydroxylation is 1. The van der Waals surface area contributed by atoms with E-state index in [-0.39, 0.29) is 5.91 Å². The highest BCUT2D eigenvalue weighted by molar-refractivity contribution is 5.93. The Hall–Kier alpha value is -2.83. The number of aromatic nitrogens is 2. The molecule has 2 aromatic rings. The van der Waals surface area contributed by atoms with Crippen LogP contribution in [0.3, 0.4) is 0 Å². The fourth-order valence-electron chi connectivity index (χ4n) is 3.57. The van der Waals surface area contributed by atoms with E-state index in [9.17, 15) is 4.79 Å². The minimum absolute atomic E-state index is 0.0275. The number of benzene rings is 1. The Morgan fingerprint density at radius 3 is 2.59 bits per heavy atom. The fraction of sp³-hybridized carbons (Fsp3) is 0.500. The summed E-state index contributed by atoms with van der Waals surface area (Å²) in [6, 6.07) is 9.82.